The zero-order valence-electron chi connectivity index (χ0n) is 11.2. The van der Waals surface area contributed by atoms with Crippen molar-refractivity contribution in [3.05, 3.63) is 23.4 Å². The molecule has 0 radical (unpaired) electrons. The lowest BCUT2D eigenvalue weighted by molar-refractivity contribution is 0.0696. The molecule has 0 aliphatic heterocycles. The summed E-state index contributed by atoms with van der Waals surface area (Å²) in [6.45, 7) is 8.20. The van der Waals surface area contributed by atoms with Gasteiger partial charge in [-0.1, -0.05) is 26.7 Å². The smallest absolute Gasteiger partial charge is 0.335 e. The minimum absolute atomic E-state index is 0.196. The van der Waals surface area contributed by atoms with Crippen LogP contribution in [0.1, 0.15) is 43.7 Å². The van der Waals surface area contributed by atoms with Crippen LogP contribution in [0, 0.1) is 11.8 Å². The van der Waals surface area contributed by atoms with Crippen molar-refractivity contribution >= 4 is 11.8 Å². The van der Waals surface area contributed by atoms with Crippen molar-refractivity contribution in [2.75, 3.05) is 11.9 Å². The van der Waals surface area contributed by atoms with Crippen molar-refractivity contribution in [2.24, 2.45) is 0 Å². The highest BCUT2D eigenvalue weighted by molar-refractivity contribution is 5.88. The van der Waals surface area contributed by atoms with E-state index in [1.165, 1.54) is 6.07 Å². The zero-order chi connectivity index (χ0) is 13.8. The van der Waals surface area contributed by atoms with Gasteiger partial charge in [0.05, 0.1) is 12.1 Å². The Morgan fingerprint density at radius 1 is 1.44 bits per heavy atom. The fourth-order valence-corrected chi connectivity index (χ4v) is 1.35. The van der Waals surface area contributed by atoms with E-state index in [0.29, 0.717) is 12.4 Å². The Morgan fingerprint density at radius 2 is 2.11 bits per heavy atom. The number of carboxylic acids is 1. The zero-order valence-corrected chi connectivity index (χ0v) is 11.2. The van der Waals surface area contributed by atoms with E-state index < -0.39 is 5.97 Å². The van der Waals surface area contributed by atoms with Crippen molar-refractivity contribution in [1.82, 2.24) is 4.98 Å². The van der Waals surface area contributed by atoms with Crippen molar-refractivity contribution in [2.45, 2.75) is 33.1 Å². The molecule has 0 unspecified atom stereocenters. The van der Waals surface area contributed by atoms with Crippen molar-refractivity contribution in [1.29, 1.82) is 0 Å². The fourth-order valence-electron chi connectivity index (χ4n) is 1.35. The van der Waals surface area contributed by atoms with Crippen LogP contribution in [0.25, 0.3) is 0 Å². The summed E-state index contributed by atoms with van der Waals surface area (Å²) in [4.78, 5) is 15.5. The molecule has 18 heavy (non-hydrogen) atoms. The molecule has 1 heterocycles. The Kier molecular flexibility index (Phi) is 4.33. The van der Waals surface area contributed by atoms with Gasteiger partial charge in [0.1, 0.15) is 5.82 Å². The molecule has 0 aliphatic rings. The molecule has 0 fully saturated rings. The number of carbonyl (C=O) groups is 1. The Bertz CT molecular complexity index is 505. The number of anilines is 1. The van der Waals surface area contributed by atoms with E-state index in [9.17, 15) is 4.79 Å². The Balaban J connectivity index is 3.13. The van der Waals surface area contributed by atoms with Gasteiger partial charge in [0.25, 0.3) is 0 Å². The summed E-state index contributed by atoms with van der Waals surface area (Å²) in [5.74, 6) is 5.21. The lowest BCUT2D eigenvalue weighted by Gasteiger charge is -2.19. The molecule has 2 N–H and O–H groups in total. The number of nitrogens with one attached hydrogen (secondary N) is 1. The van der Waals surface area contributed by atoms with Crippen LogP contribution in [0.5, 0.6) is 0 Å². The lowest BCUT2D eigenvalue weighted by Crippen LogP contribution is -2.16. The summed E-state index contributed by atoms with van der Waals surface area (Å²) in [6.07, 6.45) is 0. The van der Waals surface area contributed by atoms with Crippen LogP contribution in [-0.2, 0) is 5.41 Å². The quantitative estimate of drug-likeness (QED) is 0.804. The standard InChI is InChI=1S/C14H18N2O2/c1-5-6-7-15-12-9-10(13(17)18)8-11(16-12)14(2,3)4/h8-9H,7H2,1-4H3,(H,15,16)(H,17,18). The maximum Gasteiger partial charge on any atom is 0.335 e. The molecule has 0 amide bonds. The minimum Gasteiger partial charge on any atom is -0.478 e. The SMILES string of the molecule is CC#CCNc1cc(C(=O)O)cc(C(C)(C)C)n1. The highest BCUT2D eigenvalue weighted by atomic mass is 16.4. The molecular formula is C14H18N2O2. The highest BCUT2D eigenvalue weighted by Crippen LogP contribution is 2.23. The van der Waals surface area contributed by atoms with Crippen LogP contribution < -0.4 is 5.32 Å². The lowest BCUT2D eigenvalue weighted by atomic mass is 9.91. The minimum atomic E-state index is -0.951. The van der Waals surface area contributed by atoms with Crippen LogP contribution in [0.4, 0.5) is 5.82 Å². The van der Waals surface area contributed by atoms with E-state index in [0.717, 1.165) is 5.69 Å². The maximum atomic E-state index is 11.1. The molecular weight excluding hydrogens is 228 g/mol. The molecule has 0 spiro atoms. The van der Waals surface area contributed by atoms with Gasteiger partial charge >= 0.3 is 5.97 Å². The summed E-state index contributed by atoms with van der Waals surface area (Å²) < 4.78 is 0. The predicted octanol–water partition coefficient (Wildman–Crippen LogP) is 2.51. The second-order valence-corrected chi connectivity index (χ2v) is 4.96. The predicted molar refractivity (Wildman–Crippen MR) is 71.8 cm³/mol. The number of nitrogens with zero attached hydrogens (tertiary/aromatic N) is 1. The first-order valence-electron chi connectivity index (χ1n) is 5.74. The van der Waals surface area contributed by atoms with E-state index in [1.807, 2.05) is 20.8 Å². The van der Waals surface area contributed by atoms with Gasteiger partial charge in [-0.2, -0.15) is 0 Å². The number of hydrogen-bond donors (Lipinski definition) is 2. The average molecular weight is 246 g/mol. The van der Waals surface area contributed by atoms with Crippen LogP contribution in [0.15, 0.2) is 12.1 Å². The molecule has 4 nitrogen and oxygen atoms in total. The number of pyridine rings is 1. The van der Waals surface area contributed by atoms with E-state index in [-0.39, 0.29) is 11.0 Å². The normalized spacial score (nSPS) is 10.4. The molecule has 0 atom stereocenters. The third kappa shape index (κ3) is 3.77. The average Bonchev–Trinajstić information content (AvgIpc) is 2.28. The Hall–Kier alpha value is -2.02. The molecule has 4 heteroatoms. The number of rotatable bonds is 3. The monoisotopic (exact) mass is 246 g/mol. The largest absolute Gasteiger partial charge is 0.478 e. The van der Waals surface area contributed by atoms with Crippen LogP contribution in [-0.4, -0.2) is 22.6 Å². The topological polar surface area (TPSA) is 62.2 Å². The summed E-state index contributed by atoms with van der Waals surface area (Å²) in [5.41, 5.74) is 0.787. The van der Waals surface area contributed by atoms with Gasteiger partial charge < -0.3 is 10.4 Å². The summed E-state index contributed by atoms with van der Waals surface area (Å²) in [5, 5.41) is 12.1. The molecule has 0 bridgehead atoms. The van der Waals surface area contributed by atoms with Crippen LogP contribution >= 0.6 is 0 Å². The number of hydrogen-bond acceptors (Lipinski definition) is 3. The molecule has 0 saturated heterocycles. The van der Waals surface area contributed by atoms with Crippen LogP contribution in [0.2, 0.25) is 0 Å². The number of aromatic carboxylic acids is 1. The van der Waals surface area contributed by atoms with Gasteiger partial charge in [-0.15, -0.1) is 5.92 Å². The summed E-state index contributed by atoms with van der Waals surface area (Å²) >= 11 is 0. The molecule has 0 aromatic carbocycles. The first-order valence-corrected chi connectivity index (χ1v) is 5.74. The first kappa shape index (κ1) is 14.0. The number of aromatic nitrogens is 1. The Labute approximate surface area is 107 Å². The van der Waals surface area contributed by atoms with Gasteiger partial charge in [0.2, 0.25) is 0 Å². The molecule has 1 rings (SSSR count). The molecule has 0 saturated carbocycles. The van der Waals surface area contributed by atoms with Gasteiger partial charge in [-0.25, -0.2) is 9.78 Å². The molecule has 0 aliphatic carbocycles. The van der Waals surface area contributed by atoms with E-state index >= 15 is 0 Å². The van der Waals surface area contributed by atoms with Gasteiger partial charge in [0, 0.05) is 11.1 Å². The molecule has 1 aromatic heterocycles. The third-order valence-corrected chi connectivity index (χ3v) is 2.38. The second kappa shape index (κ2) is 5.54. The van der Waals surface area contributed by atoms with Crippen LogP contribution in [0.3, 0.4) is 0 Å². The van der Waals surface area contributed by atoms with Gasteiger partial charge in [0.15, 0.2) is 0 Å². The van der Waals surface area contributed by atoms with E-state index in [1.54, 1.807) is 13.0 Å². The second-order valence-electron chi connectivity index (χ2n) is 4.96. The summed E-state index contributed by atoms with van der Waals surface area (Å²) in [6, 6.07) is 3.13. The van der Waals surface area contributed by atoms with Crippen molar-refractivity contribution in [3.8, 4) is 11.8 Å². The summed E-state index contributed by atoms with van der Waals surface area (Å²) in [7, 11) is 0. The van der Waals surface area contributed by atoms with E-state index in [2.05, 4.69) is 22.1 Å². The van der Waals surface area contributed by atoms with E-state index in [4.69, 9.17) is 5.11 Å². The molecule has 1 aromatic rings. The van der Waals surface area contributed by atoms with Gasteiger partial charge in [-0.3, -0.25) is 0 Å². The Morgan fingerprint density at radius 3 is 2.61 bits per heavy atom. The van der Waals surface area contributed by atoms with Crippen molar-refractivity contribution < 1.29 is 9.90 Å². The molecule has 96 valence electrons. The maximum absolute atomic E-state index is 11.1. The van der Waals surface area contributed by atoms with Crippen molar-refractivity contribution in [3.63, 3.8) is 0 Å². The highest BCUT2D eigenvalue weighted by Gasteiger charge is 2.18. The number of carboxylic acid groups (broad SMARTS) is 1. The fraction of sp³-hybridized carbons (Fsp3) is 0.429. The third-order valence-electron chi connectivity index (χ3n) is 2.38. The van der Waals surface area contributed by atoms with Gasteiger partial charge in [-0.05, 0) is 19.1 Å². The first-order chi connectivity index (χ1) is 8.34.